The molecule has 0 saturated carbocycles. The summed E-state index contributed by atoms with van der Waals surface area (Å²) in [4.78, 5) is 30.3. The lowest BCUT2D eigenvalue weighted by molar-refractivity contribution is -0.117. The monoisotopic (exact) mass is 428 g/mol. The number of hydrogen-bond donors (Lipinski definition) is 2. The summed E-state index contributed by atoms with van der Waals surface area (Å²) >= 11 is 3.22. The molecule has 2 amide bonds. The number of nitrogens with one attached hydrogen (secondary N) is 2. The third-order valence-corrected chi connectivity index (χ3v) is 8.06. The van der Waals surface area contributed by atoms with Crippen LogP contribution in [0.15, 0.2) is 59.7 Å². The molecule has 2 aliphatic heterocycles. The van der Waals surface area contributed by atoms with Crippen LogP contribution in [-0.2, 0) is 9.59 Å². The van der Waals surface area contributed by atoms with E-state index in [1.54, 1.807) is 22.7 Å². The van der Waals surface area contributed by atoms with Gasteiger partial charge < -0.3 is 10.6 Å². The first-order chi connectivity index (χ1) is 14.5. The van der Waals surface area contributed by atoms with Gasteiger partial charge in [0.05, 0.1) is 32.3 Å². The molecule has 0 bridgehead atoms. The Morgan fingerprint density at radius 3 is 1.37 bits per heavy atom. The van der Waals surface area contributed by atoms with Crippen LogP contribution in [-0.4, -0.2) is 11.8 Å². The van der Waals surface area contributed by atoms with Crippen LogP contribution in [0.25, 0.3) is 32.9 Å². The van der Waals surface area contributed by atoms with Gasteiger partial charge in [0.1, 0.15) is 0 Å². The fourth-order valence-electron chi connectivity index (χ4n) is 4.40. The first-order valence-corrected chi connectivity index (χ1v) is 11.3. The minimum Gasteiger partial charge on any atom is -0.320 e. The number of amides is 2. The van der Waals surface area contributed by atoms with Crippen LogP contribution in [0, 0.1) is 13.8 Å². The summed E-state index contributed by atoms with van der Waals surface area (Å²) in [7, 11) is 0. The van der Waals surface area contributed by atoms with E-state index < -0.39 is 0 Å². The van der Waals surface area contributed by atoms with Crippen LogP contribution < -0.4 is 10.6 Å². The van der Waals surface area contributed by atoms with Crippen molar-refractivity contribution in [3.8, 4) is 0 Å². The molecular weight excluding hydrogens is 412 g/mol. The Kier molecular flexibility index (Phi) is 3.61. The number of carbonyl (C=O) groups is 2. The maximum absolute atomic E-state index is 13.1. The fraction of sp³-hybridized carbons (Fsp3) is 0.0833. The SMILES string of the molecule is Cc1sc(C2=C3C(=O)NC(c4sc(C)c5ccccc45)=C3C(=O)N2)c2ccccc12. The summed E-state index contributed by atoms with van der Waals surface area (Å²) in [5.74, 6) is -0.447. The predicted molar refractivity (Wildman–Crippen MR) is 123 cm³/mol. The highest BCUT2D eigenvalue weighted by atomic mass is 32.1. The lowest BCUT2D eigenvalue weighted by atomic mass is 10.0. The minimum absolute atomic E-state index is 0.224. The number of rotatable bonds is 2. The topological polar surface area (TPSA) is 58.2 Å². The van der Waals surface area contributed by atoms with Gasteiger partial charge in [-0.1, -0.05) is 48.5 Å². The average Bonchev–Trinajstić information content (AvgIpc) is 3.46. The van der Waals surface area contributed by atoms with Gasteiger partial charge in [0.2, 0.25) is 0 Å². The quantitative estimate of drug-likeness (QED) is 0.466. The zero-order valence-corrected chi connectivity index (χ0v) is 17.9. The highest BCUT2D eigenvalue weighted by Gasteiger charge is 2.42. The van der Waals surface area contributed by atoms with Crippen molar-refractivity contribution in [3.63, 3.8) is 0 Å². The Bertz CT molecular complexity index is 1390. The molecule has 0 spiro atoms. The summed E-state index contributed by atoms with van der Waals surface area (Å²) in [6.07, 6.45) is 0. The van der Waals surface area contributed by atoms with E-state index in [9.17, 15) is 9.59 Å². The number of thiophene rings is 2. The standard InChI is InChI=1S/C24H16N2O2S2/c1-11-13-7-3-5-9-15(13)21(29-11)19-17-18(24(28)25-19)20(26-23(17)27)22-16-10-6-4-8-14(16)12(2)30-22/h3-10H,1-2H3,(H,25,28)(H,26,27). The molecule has 4 aromatic rings. The van der Waals surface area contributed by atoms with Gasteiger partial charge in [-0.3, -0.25) is 9.59 Å². The molecule has 146 valence electrons. The Morgan fingerprint density at radius 2 is 0.967 bits per heavy atom. The highest BCUT2D eigenvalue weighted by Crippen LogP contribution is 2.45. The summed E-state index contributed by atoms with van der Waals surface area (Å²) < 4.78 is 0. The van der Waals surface area contributed by atoms with Crippen molar-refractivity contribution in [2.24, 2.45) is 0 Å². The number of carbonyl (C=O) groups excluding carboxylic acids is 2. The summed E-state index contributed by atoms with van der Waals surface area (Å²) in [6.45, 7) is 4.13. The Balaban J connectivity index is 1.63. The molecule has 0 radical (unpaired) electrons. The van der Waals surface area contributed by atoms with E-state index in [-0.39, 0.29) is 11.8 Å². The van der Waals surface area contributed by atoms with E-state index in [0.717, 1.165) is 31.3 Å². The van der Waals surface area contributed by atoms with Crippen molar-refractivity contribution in [1.29, 1.82) is 0 Å². The van der Waals surface area contributed by atoms with Crippen molar-refractivity contribution in [2.75, 3.05) is 0 Å². The lowest BCUT2D eigenvalue weighted by Crippen LogP contribution is -2.20. The molecule has 2 N–H and O–H groups in total. The average molecular weight is 429 g/mol. The molecule has 0 fully saturated rings. The van der Waals surface area contributed by atoms with Gasteiger partial charge in [0, 0.05) is 20.5 Å². The van der Waals surface area contributed by atoms with Crippen molar-refractivity contribution >= 4 is 67.4 Å². The van der Waals surface area contributed by atoms with Gasteiger partial charge in [-0.15, -0.1) is 22.7 Å². The predicted octanol–water partition coefficient (Wildman–Crippen LogP) is 5.11. The molecule has 0 unspecified atom stereocenters. The second-order valence-electron chi connectivity index (χ2n) is 7.47. The normalized spacial score (nSPS) is 16.1. The van der Waals surface area contributed by atoms with Crippen molar-refractivity contribution < 1.29 is 9.59 Å². The molecule has 6 heteroatoms. The summed E-state index contributed by atoms with van der Waals surface area (Å²) in [5.41, 5.74) is 2.15. The smallest absolute Gasteiger partial charge is 0.258 e. The number of hydrogen-bond acceptors (Lipinski definition) is 4. The fourth-order valence-corrected chi connectivity index (χ4v) is 6.67. The summed E-state index contributed by atoms with van der Waals surface area (Å²) in [6, 6.07) is 16.2. The molecule has 4 nitrogen and oxygen atoms in total. The van der Waals surface area contributed by atoms with Crippen LogP contribution in [0.4, 0.5) is 0 Å². The zero-order chi connectivity index (χ0) is 20.6. The van der Waals surface area contributed by atoms with Gasteiger partial charge in [0.15, 0.2) is 0 Å². The molecule has 2 aromatic heterocycles. The van der Waals surface area contributed by atoms with Crippen LogP contribution in [0.5, 0.6) is 0 Å². The van der Waals surface area contributed by atoms with Crippen molar-refractivity contribution in [1.82, 2.24) is 10.6 Å². The second kappa shape index (κ2) is 6.14. The van der Waals surface area contributed by atoms with Gasteiger partial charge in [-0.2, -0.15) is 0 Å². The van der Waals surface area contributed by atoms with Crippen molar-refractivity contribution in [3.05, 3.63) is 79.2 Å². The van der Waals surface area contributed by atoms with E-state index in [2.05, 4.69) is 36.6 Å². The number of benzene rings is 2. The molecule has 0 saturated heterocycles. The molecule has 30 heavy (non-hydrogen) atoms. The zero-order valence-electron chi connectivity index (χ0n) is 16.3. The molecule has 0 atom stereocenters. The minimum atomic E-state index is -0.224. The third-order valence-electron chi connectivity index (χ3n) is 5.75. The van der Waals surface area contributed by atoms with Crippen LogP contribution in [0.2, 0.25) is 0 Å². The van der Waals surface area contributed by atoms with Crippen LogP contribution >= 0.6 is 22.7 Å². The van der Waals surface area contributed by atoms with Gasteiger partial charge in [0.25, 0.3) is 11.8 Å². The van der Waals surface area contributed by atoms with E-state index in [1.807, 2.05) is 36.4 Å². The molecular formula is C24H16N2O2S2. The van der Waals surface area contributed by atoms with E-state index >= 15 is 0 Å². The van der Waals surface area contributed by atoms with E-state index in [0.29, 0.717) is 22.5 Å². The maximum Gasteiger partial charge on any atom is 0.258 e. The molecule has 6 rings (SSSR count). The van der Waals surface area contributed by atoms with Crippen LogP contribution in [0.1, 0.15) is 19.5 Å². The molecule has 0 aliphatic carbocycles. The highest BCUT2D eigenvalue weighted by molar-refractivity contribution is 7.15. The third kappa shape index (κ3) is 2.26. The van der Waals surface area contributed by atoms with Crippen LogP contribution in [0.3, 0.4) is 0 Å². The van der Waals surface area contributed by atoms with E-state index in [4.69, 9.17) is 0 Å². The Morgan fingerprint density at radius 1 is 0.600 bits per heavy atom. The molecule has 2 aromatic carbocycles. The number of aryl methyl sites for hydroxylation is 2. The second-order valence-corrected chi connectivity index (χ2v) is 9.92. The largest absolute Gasteiger partial charge is 0.320 e. The maximum atomic E-state index is 13.1. The number of fused-ring (bicyclic) bond motifs is 3. The van der Waals surface area contributed by atoms with Gasteiger partial charge in [-0.05, 0) is 24.6 Å². The lowest BCUT2D eigenvalue weighted by Gasteiger charge is -2.06. The van der Waals surface area contributed by atoms with Gasteiger partial charge >= 0.3 is 0 Å². The summed E-state index contributed by atoms with van der Waals surface area (Å²) in [5, 5.41) is 10.4. The molecule has 4 heterocycles. The van der Waals surface area contributed by atoms with Crippen molar-refractivity contribution in [2.45, 2.75) is 13.8 Å². The first-order valence-electron chi connectivity index (χ1n) is 9.63. The Hall–Kier alpha value is -3.22. The first kappa shape index (κ1) is 17.6. The van der Waals surface area contributed by atoms with Gasteiger partial charge in [-0.25, -0.2) is 0 Å². The van der Waals surface area contributed by atoms with E-state index in [1.165, 1.54) is 9.75 Å². The Labute approximate surface area is 180 Å². The molecule has 2 aliphatic rings.